The van der Waals surface area contributed by atoms with Gasteiger partial charge in [0.05, 0.1) is 12.6 Å². The number of halogens is 3. The summed E-state index contributed by atoms with van der Waals surface area (Å²) in [4.78, 5) is 11.1. The van der Waals surface area contributed by atoms with Crippen molar-refractivity contribution in [2.45, 2.75) is 19.1 Å². The summed E-state index contributed by atoms with van der Waals surface area (Å²) in [7, 11) is 0. The second kappa shape index (κ2) is 7.63. The van der Waals surface area contributed by atoms with Gasteiger partial charge in [-0.25, -0.2) is 9.18 Å². The van der Waals surface area contributed by atoms with Crippen LogP contribution in [0, 0.1) is 0 Å². The molecule has 0 spiro atoms. The Kier molecular flexibility index (Phi) is 7.34. The average molecular weight is 327 g/mol. The van der Waals surface area contributed by atoms with Gasteiger partial charge in [-0.1, -0.05) is 28.1 Å². The number of carbonyl (C=O) groups is 1. The van der Waals surface area contributed by atoms with Gasteiger partial charge in [-0.15, -0.1) is 12.4 Å². The zero-order chi connectivity index (χ0) is 12.1. The highest BCUT2D eigenvalue weighted by molar-refractivity contribution is 9.10. The fraction of sp³-hybridized carbons (Fsp3) is 0.364. The summed E-state index contributed by atoms with van der Waals surface area (Å²) in [6, 6.07) is 5.83. The van der Waals surface area contributed by atoms with E-state index in [1.165, 1.54) is 0 Å². The molecule has 0 saturated carbocycles. The van der Waals surface area contributed by atoms with Crippen molar-refractivity contribution in [1.82, 2.24) is 0 Å². The highest BCUT2D eigenvalue weighted by Gasteiger charge is 2.27. The number of benzene rings is 1. The first-order chi connectivity index (χ1) is 7.56. The third kappa shape index (κ3) is 4.61. The smallest absolute Gasteiger partial charge is 0.342 e. The van der Waals surface area contributed by atoms with E-state index in [0.717, 1.165) is 4.47 Å². The predicted molar refractivity (Wildman–Crippen MR) is 69.8 cm³/mol. The van der Waals surface area contributed by atoms with Gasteiger partial charge < -0.3 is 10.5 Å². The molecule has 1 aromatic rings. The van der Waals surface area contributed by atoms with Gasteiger partial charge in [0.15, 0.2) is 0 Å². The monoisotopic (exact) mass is 325 g/mol. The Hall–Kier alpha value is -0.650. The lowest BCUT2D eigenvalue weighted by molar-refractivity contribution is -0.149. The molecule has 96 valence electrons. The molecule has 6 heteroatoms. The minimum Gasteiger partial charge on any atom is -0.464 e. The Morgan fingerprint density at radius 2 is 2.00 bits per heavy atom. The van der Waals surface area contributed by atoms with Crippen LogP contribution in [0.1, 0.15) is 18.5 Å². The summed E-state index contributed by atoms with van der Waals surface area (Å²) in [6.07, 6.45) is -1.83. The van der Waals surface area contributed by atoms with E-state index in [1.54, 1.807) is 31.2 Å². The van der Waals surface area contributed by atoms with Crippen LogP contribution in [-0.2, 0) is 9.53 Å². The second-order valence-electron chi connectivity index (χ2n) is 3.23. The van der Waals surface area contributed by atoms with Crippen LogP contribution in [0.25, 0.3) is 0 Å². The van der Waals surface area contributed by atoms with E-state index < -0.39 is 18.2 Å². The molecule has 0 aliphatic rings. The number of nitrogens with two attached hydrogens (primary N) is 1. The molecule has 3 nitrogen and oxygen atoms in total. The number of alkyl halides is 1. The minimum atomic E-state index is -1.83. The summed E-state index contributed by atoms with van der Waals surface area (Å²) in [6.45, 7) is 1.77. The van der Waals surface area contributed by atoms with Gasteiger partial charge >= 0.3 is 5.97 Å². The molecule has 0 aliphatic carbocycles. The van der Waals surface area contributed by atoms with Crippen LogP contribution in [0.15, 0.2) is 28.7 Å². The summed E-state index contributed by atoms with van der Waals surface area (Å²) in [5.74, 6) is -0.919. The van der Waals surface area contributed by atoms with E-state index in [4.69, 9.17) is 5.73 Å². The van der Waals surface area contributed by atoms with Crippen molar-refractivity contribution >= 4 is 34.3 Å². The molecule has 0 aromatic heterocycles. The first kappa shape index (κ1) is 16.4. The van der Waals surface area contributed by atoms with Crippen LogP contribution < -0.4 is 5.73 Å². The number of hydrogen-bond acceptors (Lipinski definition) is 3. The molecule has 0 radical (unpaired) electrons. The highest BCUT2D eigenvalue weighted by atomic mass is 79.9. The summed E-state index contributed by atoms with van der Waals surface area (Å²) in [5, 5.41) is 0. The minimum absolute atomic E-state index is 0. The summed E-state index contributed by atoms with van der Waals surface area (Å²) >= 11 is 3.26. The van der Waals surface area contributed by atoms with Crippen molar-refractivity contribution in [2.24, 2.45) is 5.73 Å². The van der Waals surface area contributed by atoms with Crippen LogP contribution in [0.4, 0.5) is 4.39 Å². The number of ether oxygens (including phenoxy) is 1. The maximum Gasteiger partial charge on any atom is 0.342 e. The average Bonchev–Trinajstić information content (AvgIpc) is 2.28. The van der Waals surface area contributed by atoms with E-state index in [-0.39, 0.29) is 19.0 Å². The van der Waals surface area contributed by atoms with Crippen molar-refractivity contribution in [3.8, 4) is 0 Å². The topological polar surface area (TPSA) is 52.3 Å². The van der Waals surface area contributed by atoms with Crippen molar-refractivity contribution in [1.29, 1.82) is 0 Å². The summed E-state index contributed by atoms with van der Waals surface area (Å²) in [5.41, 5.74) is 6.19. The molecular weight excluding hydrogens is 312 g/mol. The predicted octanol–water partition coefficient (Wildman–Crippen LogP) is 2.77. The normalized spacial score (nSPS) is 13.4. The van der Waals surface area contributed by atoms with Crippen LogP contribution >= 0.6 is 28.3 Å². The molecule has 1 unspecified atom stereocenters. The molecule has 0 aliphatic heterocycles. The molecule has 2 N–H and O–H groups in total. The second-order valence-corrected chi connectivity index (χ2v) is 4.15. The van der Waals surface area contributed by atoms with Gasteiger partial charge in [0.1, 0.15) is 0 Å². The Morgan fingerprint density at radius 3 is 2.47 bits per heavy atom. The molecule has 0 heterocycles. The van der Waals surface area contributed by atoms with E-state index in [0.29, 0.717) is 5.56 Å². The zero-order valence-electron chi connectivity index (χ0n) is 9.23. The van der Waals surface area contributed by atoms with Gasteiger partial charge in [0, 0.05) is 4.47 Å². The molecule has 0 bridgehead atoms. The molecule has 0 amide bonds. The lowest BCUT2D eigenvalue weighted by atomic mass is 10.0. The van der Waals surface area contributed by atoms with Crippen molar-refractivity contribution in [3.63, 3.8) is 0 Å². The van der Waals surface area contributed by atoms with E-state index in [1.807, 2.05) is 0 Å². The Labute approximate surface area is 114 Å². The van der Waals surface area contributed by atoms with E-state index in [2.05, 4.69) is 20.7 Å². The lowest BCUT2D eigenvalue weighted by Gasteiger charge is -2.15. The first-order valence-electron chi connectivity index (χ1n) is 4.88. The number of carbonyl (C=O) groups excluding carboxylic acids is 1. The van der Waals surface area contributed by atoms with Gasteiger partial charge in [-0.05, 0) is 24.6 Å². The molecule has 1 rings (SSSR count). The number of esters is 1. The van der Waals surface area contributed by atoms with Gasteiger partial charge in [0.2, 0.25) is 6.17 Å². The number of rotatable bonds is 4. The van der Waals surface area contributed by atoms with Crippen molar-refractivity contribution in [2.75, 3.05) is 6.61 Å². The maximum atomic E-state index is 13.6. The van der Waals surface area contributed by atoms with Crippen LogP contribution in [0.5, 0.6) is 0 Å². The van der Waals surface area contributed by atoms with Crippen LogP contribution in [0.3, 0.4) is 0 Å². The van der Waals surface area contributed by atoms with E-state index >= 15 is 0 Å². The SMILES string of the molecule is CCOC(=O)C(F)[C@H](N)c1ccc(Br)cc1.Cl. The van der Waals surface area contributed by atoms with Crippen molar-refractivity contribution < 1.29 is 13.9 Å². The van der Waals surface area contributed by atoms with E-state index in [9.17, 15) is 9.18 Å². The Bertz CT molecular complexity index is 361. The quantitative estimate of drug-likeness (QED) is 0.866. The van der Waals surface area contributed by atoms with Crippen molar-refractivity contribution in [3.05, 3.63) is 34.3 Å². The maximum absolute atomic E-state index is 13.6. The fourth-order valence-corrected chi connectivity index (χ4v) is 1.49. The lowest BCUT2D eigenvalue weighted by Crippen LogP contribution is -2.31. The fourth-order valence-electron chi connectivity index (χ4n) is 1.22. The van der Waals surface area contributed by atoms with Crippen LogP contribution in [0.2, 0.25) is 0 Å². The molecule has 0 saturated heterocycles. The molecule has 0 fully saturated rings. The van der Waals surface area contributed by atoms with Gasteiger partial charge in [-0.3, -0.25) is 0 Å². The third-order valence-electron chi connectivity index (χ3n) is 2.08. The first-order valence-corrected chi connectivity index (χ1v) is 5.67. The zero-order valence-corrected chi connectivity index (χ0v) is 11.6. The standard InChI is InChI=1S/C11H13BrFNO2.ClH/c1-2-16-11(15)9(13)10(14)7-3-5-8(12)6-4-7;/h3-6,9-10H,2,14H2,1H3;1H/t9?,10-;/m1./s1. The Balaban J connectivity index is 0.00000256. The third-order valence-corrected chi connectivity index (χ3v) is 2.61. The molecule has 1 aromatic carbocycles. The number of hydrogen-bond donors (Lipinski definition) is 1. The van der Waals surface area contributed by atoms with Gasteiger partial charge in [-0.2, -0.15) is 0 Å². The Morgan fingerprint density at radius 1 is 1.47 bits per heavy atom. The van der Waals surface area contributed by atoms with Crippen LogP contribution in [-0.4, -0.2) is 18.7 Å². The summed E-state index contributed by atoms with van der Waals surface area (Å²) < 4.78 is 19.0. The highest BCUT2D eigenvalue weighted by Crippen LogP contribution is 2.20. The molecular formula is C11H14BrClFNO2. The molecule has 2 atom stereocenters. The molecule has 17 heavy (non-hydrogen) atoms. The van der Waals surface area contributed by atoms with Gasteiger partial charge in [0.25, 0.3) is 0 Å². The largest absolute Gasteiger partial charge is 0.464 e.